The molecule has 0 aliphatic rings. The average molecular weight is 343 g/mol. The number of benzene rings is 1. The number of ether oxygens (including phenoxy) is 1. The lowest BCUT2D eigenvalue weighted by Gasteiger charge is -2.16. The lowest BCUT2D eigenvalue weighted by atomic mass is 10.1. The molecule has 0 amide bonds. The van der Waals surface area contributed by atoms with Gasteiger partial charge in [-0.3, -0.25) is 4.79 Å². The second-order valence-corrected chi connectivity index (χ2v) is 6.55. The number of carboxylic acids is 1. The molecule has 0 saturated carbocycles. The first-order valence-electron chi connectivity index (χ1n) is 7.34. The molecule has 128 valence electrons. The van der Waals surface area contributed by atoms with Crippen LogP contribution in [-0.2, 0) is 19.6 Å². The van der Waals surface area contributed by atoms with Gasteiger partial charge in [-0.2, -0.15) is 4.72 Å². The standard InChI is InChI=1S/C15H21NO6S/c1-3-5-9-12(14(17)18)16-23(20,21)13-10-7-6-8-11(13)15(19)22-4-2/h6-8,10,12,16H,3-5,9H2,1-2H3,(H,17,18). The van der Waals surface area contributed by atoms with Crippen molar-refractivity contribution in [3.05, 3.63) is 29.8 Å². The summed E-state index contributed by atoms with van der Waals surface area (Å²) in [7, 11) is -4.16. The van der Waals surface area contributed by atoms with Crippen molar-refractivity contribution in [2.45, 2.75) is 44.0 Å². The first-order chi connectivity index (χ1) is 10.8. The van der Waals surface area contributed by atoms with E-state index in [-0.39, 0.29) is 23.5 Å². The Morgan fingerprint density at radius 2 is 1.91 bits per heavy atom. The number of nitrogens with one attached hydrogen (secondary N) is 1. The van der Waals surface area contributed by atoms with Crippen LogP contribution in [0.5, 0.6) is 0 Å². The third kappa shape index (κ3) is 5.33. The summed E-state index contributed by atoms with van der Waals surface area (Å²) in [6.45, 7) is 3.59. The Labute approximate surface area is 135 Å². The average Bonchev–Trinajstić information content (AvgIpc) is 2.51. The number of sulfonamides is 1. The van der Waals surface area contributed by atoms with Crippen LogP contribution in [0.25, 0.3) is 0 Å². The summed E-state index contributed by atoms with van der Waals surface area (Å²) in [6, 6.07) is 4.30. The molecule has 0 saturated heterocycles. The van der Waals surface area contributed by atoms with E-state index in [1.807, 2.05) is 6.92 Å². The number of carboxylic acid groups (broad SMARTS) is 1. The number of carbonyl (C=O) groups excluding carboxylic acids is 1. The van der Waals surface area contributed by atoms with E-state index in [2.05, 4.69) is 4.72 Å². The topological polar surface area (TPSA) is 110 Å². The van der Waals surface area contributed by atoms with Crippen LogP contribution < -0.4 is 4.72 Å². The van der Waals surface area contributed by atoms with Crippen molar-refractivity contribution in [2.24, 2.45) is 0 Å². The number of hydrogen-bond donors (Lipinski definition) is 2. The molecule has 1 aromatic carbocycles. The van der Waals surface area contributed by atoms with E-state index in [1.54, 1.807) is 6.92 Å². The largest absolute Gasteiger partial charge is 0.480 e. The van der Waals surface area contributed by atoms with Gasteiger partial charge in [-0.25, -0.2) is 13.2 Å². The summed E-state index contributed by atoms with van der Waals surface area (Å²) in [5.41, 5.74) is -0.124. The van der Waals surface area contributed by atoms with Crippen molar-refractivity contribution in [3.63, 3.8) is 0 Å². The van der Waals surface area contributed by atoms with Gasteiger partial charge in [-0.05, 0) is 25.5 Å². The fourth-order valence-corrected chi connectivity index (χ4v) is 3.39. The fourth-order valence-electron chi connectivity index (χ4n) is 1.97. The van der Waals surface area contributed by atoms with Gasteiger partial charge in [-0.15, -0.1) is 0 Å². The molecule has 2 N–H and O–H groups in total. The Morgan fingerprint density at radius 1 is 1.26 bits per heavy atom. The Kier molecular flexibility index (Phi) is 7.18. The molecule has 0 heterocycles. The third-order valence-electron chi connectivity index (χ3n) is 3.11. The van der Waals surface area contributed by atoms with Gasteiger partial charge < -0.3 is 9.84 Å². The normalized spacial score (nSPS) is 12.6. The lowest BCUT2D eigenvalue weighted by molar-refractivity contribution is -0.139. The first kappa shape index (κ1) is 19.1. The van der Waals surface area contributed by atoms with Gasteiger partial charge in [0.1, 0.15) is 6.04 Å². The van der Waals surface area contributed by atoms with Crippen LogP contribution >= 0.6 is 0 Å². The maximum Gasteiger partial charge on any atom is 0.339 e. The van der Waals surface area contributed by atoms with Gasteiger partial charge in [0, 0.05) is 0 Å². The molecular weight excluding hydrogens is 322 g/mol. The number of aliphatic carboxylic acids is 1. The van der Waals surface area contributed by atoms with Crippen LogP contribution in [0.15, 0.2) is 29.2 Å². The fraction of sp³-hybridized carbons (Fsp3) is 0.467. The van der Waals surface area contributed by atoms with Crippen LogP contribution in [0.4, 0.5) is 0 Å². The third-order valence-corrected chi connectivity index (χ3v) is 4.64. The predicted molar refractivity (Wildman–Crippen MR) is 83.7 cm³/mol. The van der Waals surface area contributed by atoms with Crippen LogP contribution in [0.3, 0.4) is 0 Å². The quantitative estimate of drug-likeness (QED) is 0.662. The Balaban J connectivity index is 3.13. The van der Waals surface area contributed by atoms with E-state index < -0.39 is 28.0 Å². The minimum atomic E-state index is -4.16. The highest BCUT2D eigenvalue weighted by Gasteiger charge is 2.28. The summed E-state index contributed by atoms with van der Waals surface area (Å²) >= 11 is 0. The molecule has 0 bridgehead atoms. The zero-order valence-corrected chi connectivity index (χ0v) is 13.9. The van der Waals surface area contributed by atoms with Crippen molar-refractivity contribution in [3.8, 4) is 0 Å². The van der Waals surface area contributed by atoms with E-state index in [0.29, 0.717) is 6.42 Å². The molecule has 1 atom stereocenters. The van der Waals surface area contributed by atoms with E-state index in [0.717, 1.165) is 6.42 Å². The number of carbonyl (C=O) groups is 2. The van der Waals surface area contributed by atoms with E-state index in [9.17, 15) is 18.0 Å². The molecule has 1 unspecified atom stereocenters. The molecule has 1 aromatic rings. The van der Waals surface area contributed by atoms with Crippen molar-refractivity contribution in [1.29, 1.82) is 0 Å². The summed E-state index contributed by atoms with van der Waals surface area (Å²) in [6.07, 6.45) is 1.48. The maximum absolute atomic E-state index is 12.5. The lowest BCUT2D eigenvalue weighted by Crippen LogP contribution is -2.41. The number of unbranched alkanes of at least 4 members (excludes halogenated alkanes) is 1. The van der Waals surface area contributed by atoms with Crippen molar-refractivity contribution in [2.75, 3.05) is 6.61 Å². The highest BCUT2D eigenvalue weighted by Crippen LogP contribution is 2.18. The molecule has 0 aliphatic carbocycles. The molecule has 1 rings (SSSR count). The number of hydrogen-bond acceptors (Lipinski definition) is 5. The van der Waals surface area contributed by atoms with Crippen LogP contribution in [0.2, 0.25) is 0 Å². The van der Waals surface area contributed by atoms with Gasteiger partial charge in [0.2, 0.25) is 10.0 Å². The smallest absolute Gasteiger partial charge is 0.339 e. The Bertz CT molecular complexity index is 656. The molecule has 0 spiro atoms. The minimum absolute atomic E-state index is 0.106. The summed E-state index contributed by atoms with van der Waals surface area (Å²) < 4.78 is 31.9. The van der Waals surface area contributed by atoms with Gasteiger partial charge in [0.25, 0.3) is 0 Å². The molecule has 23 heavy (non-hydrogen) atoms. The van der Waals surface area contributed by atoms with Crippen LogP contribution in [0.1, 0.15) is 43.5 Å². The highest BCUT2D eigenvalue weighted by molar-refractivity contribution is 7.89. The SMILES string of the molecule is CCCCC(NS(=O)(=O)c1ccccc1C(=O)OCC)C(=O)O. The minimum Gasteiger partial charge on any atom is -0.480 e. The predicted octanol–water partition coefficient (Wildman–Crippen LogP) is 1.78. The first-order valence-corrected chi connectivity index (χ1v) is 8.83. The molecule has 7 nitrogen and oxygen atoms in total. The van der Waals surface area contributed by atoms with Crippen molar-refractivity contribution >= 4 is 22.0 Å². The van der Waals surface area contributed by atoms with Crippen LogP contribution in [0, 0.1) is 0 Å². The molecular formula is C15H21NO6S. The Hall–Kier alpha value is -1.93. The maximum atomic E-state index is 12.5. The van der Waals surface area contributed by atoms with E-state index in [1.165, 1.54) is 24.3 Å². The summed E-state index contributed by atoms with van der Waals surface area (Å²) in [5, 5.41) is 9.15. The van der Waals surface area contributed by atoms with Crippen LogP contribution in [-0.4, -0.2) is 38.1 Å². The summed E-state index contributed by atoms with van der Waals surface area (Å²) in [5.74, 6) is -2.02. The van der Waals surface area contributed by atoms with Crippen molar-refractivity contribution in [1.82, 2.24) is 4.72 Å². The van der Waals surface area contributed by atoms with E-state index in [4.69, 9.17) is 9.84 Å². The highest BCUT2D eigenvalue weighted by atomic mass is 32.2. The molecule has 0 aliphatic heterocycles. The van der Waals surface area contributed by atoms with Gasteiger partial charge in [0.15, 0.2) is 0 Å². The monoisotopic (exact) mass is 343 g/mol. The second kappa shape index (κ2) is 8.64. The second-order valence-electron chi connectivity index (χ2n) is 4.87. The molecule has 0 radical (unpaired) electrons. The van der Waals surface area contributed by atoms with Crippen molar-refractivity contribution < 1.29 is 27.9 Å². The zero-order valence-electron chi connectivity index (χ0n) is 13.1. The number of rotatable bonds is 9. The van der Waals surface area contributed by atoms with E-state index >= 15 is 0 Å². The summed E-state index contributed by atoms with van der Waals surface area (Å²) in [4.78, 5) is 22.8. The van der Waals surface area contributed by atoms with Gasteiger partial charge in [0.05, 0.1) is 17.1 Å². The van der Waals surface area contributed by atoms with Gasteiger partial charge >= 0.3 is 11.9 Å². The molecule has 0 fully saturated rings. The molecule has 8 heteroatoms. The number of esters is 1. The zero-order chi connectivity index (χ0) is 17.5. The van der Waals surface area contributed by atoms with Gasteiger partial charge in [-0.1, -0.05) is 31.9 Å². The Morgan fingerprint density at radius 3 is 2.48 bits per heavy atom. The molecule has 0 aromatic heterocycles.